The molecule has 0 atom stereocenters. The molecule has 8 heteroatoms. The van der Waals surface area contributed by atoms with E-state index in [1.54, 1.807) is 14.2 Å². The number of aliphatic imine (C=N–C) groups is 1. The number of halogens is 1. The van der Waals surface area contributed by atoms with E-state index >= 15 is 0 Å². The van der Waals surface area contributed by atoms with Gasteiger partial charge in [0.1, 0.15) is 5.82 Å². The number of nitrogens with zero attached hydrogens (tertiary/aromatic N) is 4. The molecule has 0 saturated carbocycles. The van der Waals surface area contributed by atoms with Crippen molar-refractivity contribution in [2.24, 2.45) is 4.99 Å². The van der Waals surface area contributed by atoms with Crippen molar-refractivity contribution in [3.05, 3.63) is 77.9 Å². The summed E-state index contributed by atoms with van der Waals surface area (Å²) < 4.78 is 12.9. The minimum absolute atomic E-state index is 0. The van der Waals surface area contributed by atoms with E-state index in [-0.39, 0.29) is 24.0 Å². The highest BCUT2D eigenvalue weighted by Crippen LogP contribution is 2.27. The minimum atomic E-state index is 0. The Morgan fingerprint density at radius 3 is 2.48 bits per heavy atom. The molecule has 33 heavy (non-hydrogen) atoms. The van der Waals surface area contributed by atoms with E-state index in [1.807, 2.05) is 44.7 Å². The molecule has 0 aliphatic rings. The largest absolute Gasteiger partial charge is 0.493 e. The zero-order valence-electron chi connectivity index (χ0n) is 19.8. The summed E-state index contributed by atoms with van der Waals surface area (Å²) >= 11 is 0. The molecule has 7 nitrogen and oxygen atoms in total. The number of hydrogen-bond donors (Lipinski definition) is 1. The van der Waals surface area contributed by atoms with Crippen LogP contribution in [0.1, 0.15) is 17.0 Å². The molecule has 0 spiro atoms. The SMILES string of the molecule is CN=C(NCCc1nccn1Cc1ccccc1)N(C)CCc1ccc(OC)c(OC)c1.I. The molecule has 2 aromatic carbocycles. The topological polar surface area (TPSA) is 63.9 Å². The first-order valence-electron chi connectivity index (χ1n) is 10.8. The first-order chi connectivity index (χ1) is 15.6. The van der Waals surface area contributed by atoms with E-state index in [4.69, 9.17) is 9.47 Å². The molecule has 0 fully saturated rings. The lowest BCUT2D eigenvalue weighted by molar-refractivity contribution is 0.354. The van der Waals surface area contributed by atoms with Gasteiger partial charge < -0.3 is 24.3 Å². The minimum Gasteiger partial charge on any atom is -0.493 e. The number of likely N-dealkylation sites (N-methyl/N-ethyl adjacent to an activating group) is 1. The number of ether oxygens (including phenoxy) is 2. The van der Waals surface area contributed by atoms with Crippen LogP contribution in [-0.4, -0.2) is 61.8 Å². The Morgan fingerprint density at radius 2 is 1.79 bits per heavy atom. The van der Waals surface area contributed by atoms with Gasteiger partial charge in [-0.05, 0) is 29.7 Å². The number of aromatic nitrogens is 2. The van der Waals surface area contributed by atoms with Crippen LogP contribution < -0.4 is 14.8 Å². The molecule has 178 valence electrons. The number of hydrogen-bond acceptors (Lipinski definition) is 4. The van der Waals surface area contributed by atoms with Gasteiger partial charge in [-0.2, -0.15) is 0 Å². The molecule has 1 aromatic heterocycles. The molecule has 0 unspecified atom stereocenters. The van der Waals surface area contributed by atoms with Crippen LogP contribution in [0.2, 0.25) is 0 Å². The molecule has 0 amide bonds. The third kappa shape index (κ3) is 7.66. The standard InChI is InChI=1S/C25H33N5O2.HI/c1-26-25(29(2)16-13-20-10-11-22(31-3)23(18-20)32-4)28-14-12-24-27-15-17-30(24)19-21-8-6-5-7-9-21;/h5-11,15,17-18H,12-14,16,19H2,1-4H3,(H,26,28);1H. The maximum absolute atomic E-state index is 5.41. The summed E-state index contributed by atoms with van der Waals surface area (Å²) in [4.78, 5) is 11.1. The van der Waals surface area contributed by atoms with Crippen molar-refractivity contribution in [3.63, 3.8) is 0 Å². The Kier molecular flexibility index (Phi) is 11.0. The molecule has 0 bridgehead atoms. The predicted octanol–water partition coefficient (Wildman–Crippen LogP) is 3.86. The van der Waals surface area contributed by atoms with Crippen LogP contribution in [0, 0.1) is 0 Å². The van der Waals surface area contributed by atoms with Crippen molar-refractivity contribution in [2.45, 2.75) is 19.4 Å². The Labute approximate surface area is 213 Å². The number of imidazole rings is 1. The number of rotatable bonds is 10. The van der Waals surface area contributed by atoms with Crippen molar-refractivity contribution in [3.8, 4) is 11.5 Å². The van der Waals surface area contributed by atoms with Crippen LogP contribution in [-0.2, 0) is 19.4 Å². The molecule has 0 aliphatic carbocycles. The van der Waals surface area contributed by atoms with Crippen LogP contribution in [0.5, 0.6) is 11.5 Å². The highest BCUT2D eigenvalue weighted by Gasteiger charge is 2.09. The van der Waals surface area contributed by atoms with E-state index in [1.165, 1.54) is 11.1 Å². The van der Waals surface area contributed by atoms with Gasteiger partial charge in [0.15, 0.2) is 17.5 Å². The van der Waals surface area contributed by atoms with E-state index < -0.39 is 0 Å². The van der Waals surface area contributed by atoms with E-state index in [9.17, 15) is 0 Å². The first-order valence-corrected chi connectivity index (χ1v) is 10.8. The second-order valence-corrected chi connectivity index (χ2v) is 7.54. The molecule has 0 aliphatic heterocycles. The van der Waals surface area contributed by atoms with Gasteiger partial charge in [-0.15, -0.1) is 24.0 Å². The monoisotopic (exact) mass is 563 g/mol. The fourth-order valence-electron chi connectivity index (χ4n) is 3.60. The summed E-state index contributed by atoms with van der Waals surface area (Å²) in [5.74, 6) is 3.42. The third-order valence-corrected chi connectivity index (χ3v) is 5.39. The number of nitrogens with one attached hydrogen (secondary N) is 1. The number of guanidine groups is 1. The molecule has 3 aromatic rings. The zero-order chi connectivity index (χ0) is 22.8. The Balaban J connectivity index is 0.00000385. The van der Waals surface area contributed by atoms with Crippen LogP contribution in [0.4, 0.5) is 0 Å². The Hall–Kier alpha value is -2.75. The average Bonchev–Trinajstić information content (AvgIpc) is 3.27. The molecule has 3 rings (SSSR count). The van der Waals surface area contributed by atoms with Gasteiger partial charge in [0, 0.05) is 52.5 Å². The Morgan fingerprint density at radius 1 is 1.03 bits per heavy atom. The summed E-state index contributed by atoms with van der Waals surface area (Å²) in [6.45, 7) is 2.42. The molecule has 1 heterocycles. The van der Waals surface area contributed by atoms with Crippen molar-refractivity contribution in [1.29, 1.82) is 0 Å². The van der Waals surface area contributed by atoms with Gasteiger partial charge >= 0.3 is 0 Å². The summed E-state index contributed by atoms with van der Waals surface area (Å²) in [6.07, 6.45) is 5.59. The lowest BCUT2D eigenvalue weighted by Gasteiger charge is -2.22. The average molecular weight is 563 g/mol. The summed E-state index contributed by atoms with van der Waals surface area (Å²) in [7, 11) is 7.16. The zero-order valence-corrected chi connectivity index (χ0v) is 22.2. The molecular weight excluding hydrogens is 529 g/mol. The van der Waals surface area contributed by atoms with Gasteiger partial charge in [0.05, 0.1) is 14.2 Å². The molecule has 0 saturated heterocycles. The lowest BCUT2D eigenvalue weighted by atomic mass is 10.1. The van der Waals surface area contributed by atoms with Gasteiger partial charge in [0.25, 0.3) is 0 Å². The molecular formula is C25H34IN5O2. The van der Waals surface area contributed by atoms with Crippen LogP contribution >= 0.6 is 24.0 Å². The smallest absolute Gasteiger partial charge is 0.193 e. The van der Waals surface area contributed by atoms with Crippen LogP contribution in [0.15, 0.2) is 65.9 Å². The van der Waals surface area contributed by atoms with Gasteiger partial charge in [-0.1, -0.05) is 36.4 Å². The highest BCUT2D eigenvalue weighted by atomic mass is 127. The van der Waals surface area contributed by atoms with Crippen LogP contribution in [0.25, 0.3) is 0 Å². The quantitative estimate of drug-likeness (QED) is 0.231. The molecule has 1 N–H and O–H groups in total. The fraction of sp³-hybridized carbons (Fsp3) is 0.360. The molecule has 0 radical (unpaired) electrons. The van der Waals surface area contributed by atoms with E-state index in [0.29, 0.717) is 0 Å². The van der Waals surface area contributed by atoms with Crippen LogP contribution in [0.3, 0.4) is 0 Å². The second kappa shape index (κ2) is 13.7. The Bertz CT molecular complexity index is 1010. The first kappa shape index (κ1) is 26.5. The van der Waals surface area contributed by atoms with Gasteiger partial charge in [0.2, 0.25) is 0 Å². The second-order valence-electron chi connectivity index (χ2n) is 7.54. The summed E-state index contributed by atoms with van der Waals surface area (Å²) in [6, 6.07) is 16.5. The third-order valence-electron chi connectivity index (χ3n) is 5.39. The van der Waals surface area contributed by atoms with E-state index in [2.05, 4.69) is 55.1 Å². The van der Waals surface area contributed by atoms with Gasteiger partial charge in [-0.3, -0.25) is 4.99 Å². The summed E-state index contributed by atoms with van der Waals surface area (Å²) in [5.41, 5.74) is 2.46. The number of benzene rings is 2. The van der Waals surface area contributed by atoms with Gasteiger partial charge in [-0.25, -0.2) is 4.98 Å². The van der Waals surface area contributed by atoms with Crippen molar-refractivity contribution in [1.82, 2.24) is 19.8 Å². The maximum Gasteiger partial charge on any atom is 0.193 e. The lowest BCUT2D eigenvalue weighted by Crippen LogP contribution is -2.40. The maximum atomic E-state index is 5.41. The van der Waals surface area contributed by atoms with Crippen molar-refractivity contribution in [2.75, 3.05) is 41.4 Å². The number of methoxy groups -OCH3 is 2. The highest BCUT2D eigenvalue weighted by molar-refractivity contribution is 14.0. The van der Waals surface area contributed by atoms with E-state index in [0.717, 1.165) is 55.8 Å². The fourth-order valence-corrected chi connectivity index (χ4v) is 3.60. The van der Waals surface area contributed by atoms with Crippen molar-refractivity contribution < 1.29 is 9.47 Å². The summed E-state index contributed by atoms with van der Waals surface area (Å²) in [5, 5.41) is 3.45. The normalized spacial score (nSPS) is 11.0. The van der Waals surface area contributed by atoms with Crippen molar-refractivity contribution >= 4 is 29.9 Å². The predicted molar refractivity (Wildman–Crippen MR) is 144 cm³/mol.